The fourth-order valence-electron chi connectivity index (χ4n) is 3.45. The van der Waals surface area contributed by atoms with Gasteiger partial charge in [-0.3, -0.25) is 9.59 Å². The Bertz CT molecular complexity index is 809. The smallest absolute Gasteiger partial charge is 0.249 e. The molecule has 2 amide bonds. The molecule has 6 heteroatoms. The molecule has 26 heavy (non-hydrogen) atoms. The lowest BCUT2D eigenvalue weighted by Gasteiger charge is -2.22. The number of thiazole rings is 1. The van der Waals surface area contributed by atoms with E-state index in [0.29, 0.717) is 5.13 Å². The Balaban J connectivity index is 1.73. The van der Waals surface area contributed by atoms with Crippen LogP contribution in [0.1, 0.15) is 43.7 Å². The number of rotatable bonds is 5. The predicted molar refractivity (Wildman–Crippen MR) is 105 cm³/mol. The van der Waals surface area contributed by atoms with Crippen LogP contribution < -0.4 is 10.6 Å². The topological polar surface area (TPSA) is 71.1 Å². The molecule has 1 heterocycles. The summed E-state index contributed by atoms with van der Waals surface area (Å²) in [6.45, 7) is 5.61. The Hall–Kier alpha value is -2.21. The number of carbonyl (C=O) groups excluding carboxylic acids is 2. The molecule has 0 radical (unpaired) electrons. The number of aromatic nitrogens is 1. The number of nitrogens with one attached hydrogen (secondary N) is 2. The van der Waals surface area contributed by atoms with Crippen LogP contribution >= 0.6 is 11.3 Å². The highest BCUT2D eigenvalue weighted by Crippen LogP contribution is 2.30. The molecule has 1 aliphatic rings. The monoisotopic (exact) mass is 371 g/mol. The van der Waals surface area contributed by atoms with Crippen LogP contribution in [0.2, 0.25) is 0 Å². The SMILES string of the molecule is CC(=O)NC(C(=O)Nc1nc(-c2ccc(C)c(C)c2)cs1)C1CCCC1. The summed E-state index contributed by atoms with van der Waals surface area (Å²) in [7, 11) is 0. The van der Waals surface area contributed by atoms with Crippen molar-refractivity contribution in [3.63, 3.8) is 0 Å². The fourth-order valence-corrected chi connectivity index (χ4v) is 4.18. The van der Waals surface area contributed by atoms with Gasteiger partial charge in [-0.05, 0) is 49.8 Å². The summed E-state index contributed by atoms with van der Waals surface area (Å²) < 4.78 is 0. The van der Waals surface area contributed by atoms with E-state index in [0.717, 1.165) is 36.9 Å². The van der Waals surface area contributed by atoms with Crippen LogP contribution in [0.3, 0.4) is 0 Å². The number of nitrogens with zero attached hydrogens (tertiary/aromatic N) is 1. The van der Waals surface area contributed by atoms with Crippen LogP contribution in [0.25, 0.3) is 11.3 Å². The van der Waals surface area contributed by atoms with Crippen LogP contribution in [0.5, 0.6) is 0 Å². The second-order valence-electron chi connectivity index (χ2n) is 7.05. The molecule has 1 aliphatic carbocycles. The van der Waals surface area contributed by atoms with Crippen LogP contribution in [0.15, 0.2) is 23.6 Å². The number of hydrogen-bond acceptors (Lipinski definition) is 4. The maximum absolute atomic E-state index is 12.7. The lowest BCUT2D eigenvalue weighted by molar-refractivity contribution is -0.126. The van der Waals surface area contributed by atoms with Crippen molar-refractivity contribution in [3.8, 4) is 11.3 Å². The van der Waals surface area contributed by atoms with E-state index in [2.05, 4.69) is 41.6 Å². The number of anilines is 1. The normalized spacial score (nSPS) is 15.7. The quantitative estimate of drug-likeness (QED) is 0.832. The van der Waals surface area contributed by atoms with Crippen LogP contribution in [-0.2, 0) is 9.59 Å². The molecule has 0 saturated heterocycles. The second-order valence-corrected chi connectivity index (χ2v) is 7.91. The zero-order valence-electron chi connectivity index (χ0n) is 15.5. The minimum absolute atomic E-state index is 0.173. The minimum Gasteiger partial charge on any atom is -0.344 e. The maximum atomic E-state index is 12.7. The molecule has 3 rings (SSSR count). The Labute approximate surface area is 158 Å². The molecule has 0 spiro atoms. The molecule has 1 aromatic heterocycles. The first-order valence-electron chi connectivity index (χ1n) is 9.05. The molecule has 0 aliphatic heterocycles. The Kier molecular flexibility index (Phi) is 5.71. The summed E-state index contributed by atoms with van der Waals surface area (Å²) in [6.07, 6.45) is 4.18. The van der Waals surface area contributed by atoms with Gasteiger partial charge in [0.15, 0.2) is 5.13 Å². The van der Waals surface area contributed by atoms with E-state index in [-0.39, 0.29) is 17.7 Å². The highest BCUT2D eigenvalue weighted by molar-refractivity contribution is 7.14. The van der Waals surface area contributed by atoms with Crippen LogP contribution in [0.4, 0.5) is 5.13 Å². The van der Waals surface area contributed by atoms with E-state index in [1.807, 2.05) is 11.4 Å². The Morgan fingerprint density at radius 1 is 1.19 bits per heavy atom. The molecule has 2 aromatic rings. The number of aryl methyl sites for hydroxylation is 2. The first-order valence-corrected chi connectivity index (χ1v) is 9.93. The van der Waals surface area contributed by atoms with E-state index < -0.39 is 6.04 Å². The molecule has 1 atom stereocenters. The van der Waals surface area contributed by atoms with Crippen molar-refractivity contribution in [3.05, 3.63) is 34.7 Å². The predicted octanol–water partition coefficient (Wildman–Crippen LogP) is 4.06. The number of hydrogen-bond donors (Lipinski definition) is 2. The number of benzene rings is 1. The second kappa shape index (κ2) is 7.99. The van der Waals surface area contributed by atoms with Gasteiger partial charge < -0.3 is 10.6 Å². The molecule has 0 bridgehead atoms. The number of amides is 2. The van der Waals surface area contributed by atoms with Gasteiger partial charge in [0.05, 0.1) is 5.69 Å². The van der Waals surface area contributed by atoms with E-state index in [4.69, 9.17) is 0 Å². The molecular formula is C20H25N3O2S. The molecule has 1 aromatic carbocycles. The maximum Gasteiger partial charge on any atom is 0.249 e. The first-order chi connectivity index (χ1) is 12.4. The largest absolute Gasteiger partial charge is 0.344 e. The van der Waals surface area contributed by atoms with E-state index in [1.165, 1.54) is 29.4 Å². The third-order valence-corrected chi connectivity index (χ3v) is 5.81. The fraction of sp³-hybridized carbons (Fsp3) is 0.450. The first kappa shape index (κ1) is 18.6. The van der Waals surface area contributed by atoms with Gasteiger partial charge in [-0.1, -0.05) is 25.0 Å². The van der Waals surface area contributed by atoms with Gasteiger partial charge >= 0.3 is 0 Å². The molecule has 1 saturated carbocycles. The standard InChI is InChI=1S/C20H25N3O2S/c1-12-8-9-16(10-13(12)2)17-11-26-20(22-17)23-19(25)18(21-14(3)24)15-6-4-5-7-15/h8-11,15,18H,4-7H2,1-3H3,(H,21,24)(H,22,23,25). The van der Waals surface area contributed by atoms with Gasteiger partial charge in [-0.25, -0.2) is 4.98 Å². The molecule has 1 fully saturated rings. The summed E-state index contributed by atoms with van der Waals surface area (Å²) >= 11 is 1.41. The van der Waals surface area contributed by atoms with Gasteiger partial charge in [0, 0.05) is 17.9 Å². The summed E-state index contributed by atoms with van der Waals surface area (Å²) in [5.41, 5.74) is 4.35. The lowest BCUT2D eigenvalue weighted by Crippen LogP contribution is -2.47. The van der Waals surface area contributed by atoms with E-state index in [1.54, 1.807) is 0 Å². The molecule has 1 unspecified atom stereocenters. The average Bonchev–Trinajstić information content (AvgIpc) is 3.27. The van der Waals surface area contributed by atoms with Crippen molar-refractivity contribution in [2.45, 2.75) is 52.5 Å². The third-order valence-electron chi connectivity index (χ3n) is 5.05. The molecule has 2 N–H and O–H groups in total. The van der Waals surface area contributed by atoms with E-state index in [9.17, 15) is 9.59 Å². The van der Waals surface area contributed by atoms with Crippen LogP contribution in [-0.4, -0.2) is 22.8 Å². The summed E-state index contributed by atoms with van der Waals surface area (Å²) in [6, 6.07) is 5.75. The van der Waals surface area contributed by atoms with Gasteiger partial charge in [-0.2, -0.15) is 0 Å². The molecular weight excluding hydrogens is 346 g/mol. The van der Waals surface area contributed by atoms with Crippen molar-refractivity contribution in [1.29, 1.82) is 0 Å². The van der Waals surface area contributed by atoms with Gasteiger partial charge in [0.2, 0.25) is 11.8 Å². The molecule has 138 valence electrons. The van der Waals surface area contributed by atoms with Crippen molar-refractivity contribution in [2.24, 2.45) is 5.92 Å². The highest BCUT2D eigenvalue weighted by atomic mass is 32.1. The van der Waals surface area contributed by atoms with Gasteiger partial charge in [0.25, 0.3) is 0 Å². The Morgan fingerprint density at radius 3 is 2.58 bits per heavy atom. The zero-order valence-corrected chi connectivity index (χ0v) is 16.3. The van der Waals surface area contributed by atoms with Gasteiger partial charge in [0.1, 0.15) is 6.04 Å². The Morgan fingerprint density at radius 2 is 1.92 bits per heavy atom. The van der Waals surface area contributed by atoms with Crippen molar-refractivity contribution >= 4 is 28.3 Å². The highest BCUT2D eigenvalue weighted by Gasteiger charge is 2.31. The van der Waals surface area contributed by atoms with Crippen molar-refractivity contribution in [2.75, 3.05) is 5.32 Å². The summed E-state index contributed by atoms with van der Waals surface area (Å²) in [5, 5.41) is 8.23. The van der Waals surface area contributed by atoms with Crippen molar-refractivity contribution < 1.29 is 9.59 Å². The summed E-state index contributed by atoms with van der Waals surface area (Å²) in [5.74, 6) is -0.141. The van der Waals surface area contributed by atoms with E-state index >= 15 is 0 Å². The molecule has 5 nitrogen and oxygen atoms in total. The lowest BCUT2D eigenvalue weighted by atomic mass is 9.97. The van der Waals surface area contributed by atoms with Crippen molar-refractivity contribution in [1.82, 2.24) is 10.3 Å². The van der Waals surface area contributed by atoms with Crippen LogP contribution in [0, 0.1) is 19.8 Å². The average molecular weight is 372 g/mol. The zero-order chi connectivity index (χ0) is 18.7. The minimum atomic E-state index is -0.482. The summed E-state index contributed by atoms with van der Waals surface area (Å²) in [4.78, 5) is 28.8. The third kappa shape index (κ3) is 4.30. The van der Waals surface area contributed by atoms with Gasteiger partial charge in [-0.15, -0.1) is 11.3 Å². The number of carbonyl (C=O) groups is 2.